The van der Waals surface area contributed by atoms with Gasteiger partial charge in [0.15, 0.2) is 17.5 Å². The van der Waals surface area contributed by atoms with Crippen LogP contribution >= 0.6 is 0 Å². The molecule has 0 saturated heterocycles. The Balaban J connectivity index is 1.18. The molecule has 0 radical (unpaired) electrons. The van der Waals surface area contributed by atoms with Gasteiger partial charge in [-0.25, -0.2) is 15.0 Å². The summed E-state index contributed by atoms with van der Waals surface area (Å²) in [6, 6.07) is 70.9. The van der Waals surface area contributed by atoms with Gasteiger partial charge in [0.2, 0.25) is 0 Å². The van der Waals surface area contributed by atoms with Gasteiger partial charge in [0, 0.05) is 38.4 Å². The van der Waals surface area contributed by atoms with Gasteiger partial charge in [0.05, 0.1) is 0 Å². The topological polar surface area (TPSA) is 51.8 Å². The molecule has 0 N–H and O–H groups in total. The number of hydrogen-bond donors (Lipinski definition) is 0. The van der Waals surface area contributed by atoms with Crippen molar-refractivity contribution in [1.29, 1.82) is 0 Å². The molecular weight excluding hydrogens is 755 g/mol. The predicted molar refractivity (Wildman–Crippen MR) is 255 cm³/mol. The Morgan fingerprint density at radius 3 is 1.73 bits per heavy atom. The zero-order valence-electron chi connectivity index (χ0n) is 34.3. The lowest BCUT2D eigenvalue weighted by Gasteiger charge is -2.22. The van der Waals surface area contributed by atoms with E-state index >= 15 is 0 Å². The van der Waals surface area contributed by atoms with Gasteiger partial charge in [-0.05, 0) is 91.2 Å². The highest BCUT2D eigenvalue weighted by molar-refractivity contribution is 6.22. The molecule has 0 saturated carbocycles. The predicted octanol–water partition coefficient (Wildman–Crippen LogP) is 15.2. The minimum atomic E-state index is -0.103. The number of hydrogen-bond acceptors (Lipinski definition) is 4. The van der Waals surface area contributed by atoms with Crippen LogP contribution in [0.15, 0.2) is 205 Å². The molecule has 12 rings (SSSR count). The number of rotatable bonds is 6. The van der Waals surface area contributed by atoms with Gasteiger partial charge in [-0.2, -0.15) is 0 Å². The molecule has 62 heavy (non-hydrogen) atoms. The van der Waals surface area contributed by atoms with Crippen LogP contribution in [0.5, 0.6) is 0 Å². The smallest absolute Gasteiger partial charge is 0.164 e. The lowest BCUT2D eigenvalue weighted by Crippen LogP contribution is -2.14. The molecule has 0 spiro atoms. The van der Waals surface area contributed by atoms with Crippen LogP contribution in [0.2, 0.25) is 0 Å². The highest BCUT2D eigenvalue weighted by atomic mass is 16.3. The zero-order chi connectivity index (χ0) is 41.4. The number of furan rings is 1. The summed E-state index contributed by atoms with van der Waals surface area (Å²) in [5, 5.41) is 4.31. The fourth-order valence-electron chi connectivity index (χ4n) is 9.75. The SMILES string of the molecule is CC1(C)c2ccccc2-c2cc(-c3cc(-c4ccccc4)cc(-c4nc(-c5ccccc5)nc(-c5cccc6oc7ccc8ccccc8c7c56)n4)c3-c3ccccc3)ccc21. The summed E-state index contributed by atoms with van der Waals surface area (Å²) in [6.45, 7) is 4.66. The molecule has 292 valence electrons. The summed E-state index contributed by atoms with van der Waals surface area (Å²) in [6.07, 6.45) is 0. The molecule has 0 bridgehead atoms. The van der Waals surface area contributed by atoms with Crippen molar-refractivity contribution in [2.45, 2.75) is 19.3 Å². The van der Waals surface area contributed by atoms with Gasteiger partial charge in [-0.3, -0.25) is 0 Å². The van der Waals surface area contributed by atoms with E-state index < -0.39 is 0 Å². The molecular formula is C58H39N3O. The lowest BCUT2D eigenvalue weighted by atomic mass is 9.81. The fraction of sp³-hybridized carbons (Fsp3) is 0.0517. The Labute approximate surface area is 359 Å². The standard InChI is InChI=1S/C58H39N3O/c1-58(2)48-27-15-14-25-43(48)46-33-40(29-31-49(46)58)45-34-41(36-17-6-3-7-18-36)35-47(52(45)38-20-8-4-9-21-38)57-60-55(39-22-10-5-11-23-39)59-56(61-57)44-26-16-28-50-54(44)53-42-24-13-12-19-37(42)30-32-51(53)62-50/h3-35H,1-2H3. The molecule has 0 unspecified atom stereocenters. The van der Waals surface area contributed by atoms with Crippen molar-refractivity contribution in [3.05, 3.63) is 211 Å². The van der Waals surface area contributed by atoms with Crippen LogP contribution in [0.3, 0.4) is 0 Å². The van der Waals surface area contributed by atoms with E-state index in [4.69, 9.17) is 19.4 Å². The molecule has 9 aromatic carbocycles. The summed E-state index contributed by atoms with van der Waals surface area (Å²) in [4.78, 5) is 16.2. The average molecular weight is 794 g/mol. The van der Waals surface area contributed by atoms with Gasteiger partial charge >= 0.3 is 0 Å². The van der Waals surface area contributed by atoms with Crippen LogP contribution in [-0.2, 0) is 5.41 Å². The summed E-state index contributed by atoms with van der Waals surface area (Å²) < 4.78 is 6.55. The van der Waals surface area contributed by atoms with Crippen molar-refractivity contribution in [3.8, 4) is 78.7 Å². The van der Waals surface area contributed by atoms with Crippen LogP contribution in [0.4, 0.5) is 0 Å². The van der Waals surface area contributed by atoms with Crippen molar-refractivity contribution >= 4 is 32.7 Å². The molecule has 4 heteroatoms. The monoisotopic (exact) mass is 793 g/mol. The van der Waals surface area contributed by atoms with E-state index in [0.717, 1.165) is 82.8 Å². The molecule has 0 atom stereocenters. The fourth-order valence-corrected chi connectivity index (χ4v) is 9.75. The van der Waals surface area contributed by atoms with Crippen LogP contribution in [0.1, 0.15) is 25.0 Å². The lowest BCUT2D eigenvalue weighted by molar-refractivity contribution is 0.660. The highest BCUT2D eigenvalue weighted by Crippen LogP contribution is 2.51. The van der Waals surface area contributed by atoms with E-state index in [-0.39, 0.29) is 5.41 Å². The number of fused-ring (bicyclic) bond motifs is 8. The Morgan fingerprint density at radius 1 is 0.355 bits per heavy atom. The van der Waals surface area contributed by atoms with E-state index in [1.165, 1.54) is 22.3 Å². The maximum atomic E-state index is 6.55. The largest absolute Gasteiger partial charge is 0.456 e. The number of aromatic nitrogens is 3. The average Bonchev–Trinajstić information content (AvgIpc) is 3.84. The first-order chi connectivity index (χ1) is 30.5. The van der Waals surface area contributed by atoms with E-state index in [1.807, 2.05) is 30.3 Å². The summed E-state index contributed by atoms with van der Waals surface area (Å²) in [5.74, 6) is 1.77. The molecule has 1 aliphatic rings. The molecule has 0 aliphatic heterocycles. The quantitative estimate of drug-likeness (QED) is 0.168. The van der Waals surface area contributed by atoms with Crippen molar-refractivity contribution in [1.82, 2.24) is 15.0 Å². The summed E-state index contributed by atoms with van der Waals surface area (Å²) in [7, 11) is 0. The highest BCUT2D eigenvalue weighted by Gasteiger charge is 2.35. The van der Waals surface area contributed by atoms with Crippen LogP contribution in [0, 0.1) is 0 Å². The Hall–Kier alpha value is -7.95. The van der Waals surface area contributed by atoms with Crippen molar-refractivity contribution in [2.24, 2.45) is 0 Å². The van der Waals surface area contributed by atoms with Gasteiger partial charge in [0.25, 0.3) is 0 Å². The second kappa shape index (κ2) is 14.1. The Kier molecular flexibility index (Phi) is 8.16. The Bertz CT molecular complexity index is 3540. The second-order valence-electron chi connectivity index (χ2n) is 16.7. The normalized spacial score (nSPS) is 12.8. The van der Waals surface area contributed by atoms with Crippen molar-refractivity contribution < 1.29 is 4.42 Å². The van der Waals surface area contributed by atoms with Crippen LogP contribution in [-0.4, -0.2) is 15.0 Å². The van der Waals surface area contributed by atoms with Crippen LogP contribution < -0.4 is 0 Å². The molecule has 0 amide bonds. The number of benzene rings is 9. The first kappa shape index (κ1) is 35.9. The molecule has 4 nitrogen and oxygen atoms in total. The summed E-state index contributed by atoms with van der Waals surface area (Å²) >= 11 is 0. The first-order valence-electron chi connectivity index (χ1n) is 21.2. The van der Waals surface area contributed by atoms with Gasteiger partial charge in [0.1, 0.15) is 11.2 Å². The summed E-state index contributed by atoms with van der Waals surface area (Å²) in [5.41, 5.74) is 16.1. The van der Waals surface area contributed by atoms with Gasteiger partial charge in [-0.15, -0.1) is 0 Å². The third-order valence-electron chi connectivity index (χ3n) is 12.7. The number of nitrogens with zero attached hydrogens (tertiary/aromatic N) is 3. The minimum Gasteiger partial charge on any atom is -0.456 e. The molecule has 0 fully saturated rings. The molecule has 1 aliphatic carbocycles. The third kappa shape index (κ3) is 5.72. The van der Waals surface area contributed by atoms with Crippen molar-refractivity contribution in [3.63, 3.8) is 0 Å². The van der Waals surface area contributed by atoms with E-state index in [0.29, 0.717) is 17.5 Å². The van der Waals surface area contributed by atoms with E-state index in [9.17, 15) is 0 Å². The van der Waals surface area contributed by atoms with E-state index in [2.05, 4.69) is 184 Å². The maximum absolute atomic E-state index is 6.55. The maximum Gasteiger partial charge on any atom is 0.164 e. The van der Waals surface area contributed by atoms with Crippen LogP contribution in [0.25, 0.3) is 111 Å². The zero-order valence-corrected chi connectivity index (χ0v) is 34.3. The first-order valence-corrected chi connectivity index (χ1v) is 21.2. The van der Waals surface area contributed by atoms with Crippen molar-refractivity contribution in [2.75, 3.05) is 0 Å². The van der Waals surface area contributed by atoms with Gasteiger partial charge < -0.3 is 4.42 Å². The Morgan fingerprint density at radius 2 is 0.935 bits per heavy atom. The molecule has 11 aromatic rings. The third-order valence-corrected chi connectivity index (χ3v) is 12.7. The molecule has 2 aromatic heterocycles. The molecule has 2 heterocycles. The van der Waals surface area contributed by atoms with Gasteiger partial charge in [-0.1, -0.05) is 184 Å². The minimum absolute atomic E-state index is 0.103. The van der Waals surface area contributed by atoms with E-state index in [1.54, 1.807) is 0 Å². The second-order valence-corrected chi connectivity index (χ2v) is 16.7.